The lowest BCUT2D eigenvalue weighted by Crippen LogP contribution is -2.45. The van der Waals surface area contributed by atoms with Gasteiger partial charge in [-0.2, -0.15) is 9.29 Å². The molecule has 4 rings (SSSR count). The highest BCUT2D eigenvalue weighted by Gasteiger charge is 2.33. The van der Waals surface area contributed by atoms with Crippen molar-refractivity contribution >= 4 is 27.5 Å². The number of sulfonamides is 1. The fraction of sp³-hybridized carbons (Fsp3) is 0.348. The normalized spacial score (nSPS) is 16.8. The van der Waals surface area contributed by atoms with Gasteiger partial charge in [0.2, 0.25) is 27.6 Å². The van der Waals surface area contributed by atoms with Crippen molar-refractivity contribution in [3.63, 3.8) is 0 Å². The molecule has 0 radical (unpaired) electrons. The molecule has 2 aromatic carbocycles. The molecule has 9 nitrogen and oxygen atoms in total. The first kappa shape index (κ1) is 24.2. The third-order valence-electron chi connectivity index (χ3n) is 5.51. The largest absolute Gasteiger partial charge is 0.494 e. The van der Waals surface area contributed by atoms with E-state index in [0.29, 0.717) is 36.8 Å². The van der Waals surface area contributed by atoms with Gasteiger partial charge in [-0.25, -0.2) is 8.42 Å². The monoisotopic (exact) mass is 504 g/mol. The van der Waals surface area contributed by atoms with Crippen molar-refractivity contribution in [2.24, 2.45) is 5.92 Å². The van der Waals surface area contributed by atoms with Gasteiger partial charge < -0.3 is 14.6 Å². The second-order valence-corrected chi connectivity index (χ2v) is 10.2. The summed E-state index contributed by atoms with van der Waals surface area (Å²) >= 11 is 5.87. The number of rotatable bonds is 8. The molecule has 1 aliphatic heterocycles. The molecular formula is C23H25ClN4O5S. The first-order valence-electron chi connectivity index (χ1n) is 11.0. The molecule has 3 aromatic rings. The Morgan fingerprint density at radius 1 is 1.21 bits per heavy atom. The molecule has 0 aliphatic carbocycles. The van der Waals surface area contributed by atoms with Crippen LogP contribution in [-0.2, 0) is 21.4 Å². The van der Waals surface area contributed by atoms with Crippen molar-refractivity contribution < 1.29 is 22.5 Å². The number of hydrogen-bond acceptors (Lipinski definition) is 7. The number of nitrogens with zero attached hydrogens (tertiary/aromatic N) is 3. The molecule has 1 fully saturated rings. The summed E-state index contributed by atoms with van der Waals surface area (Å²) < 4.78 is 37.9. The number of hydrogen-bond donors (Lipinski definition) is 1. The number of carbonyl (C=O) groups is 1. The molecule has 0 unspecified atom stereocenters. The lowest BCUT2D eigenvalue weighted by Gasteiger charge is -2.31. The molecule has 0 bridgehead atoms. The van der Waals surface area contributed by atoms with Crippen LogP contribution >= 0.6 is 11.6 Å². The Morgan fingerprint density at radius 3 is 2.65 bits per heavy atom. The molecular weight excluding hydrogens is 480 g/mol. The molecule has 180 valence electrons. The van der Waals surface area contributed by atoms with E-state index in [0.717, 1.165) is 11.3 Å². The van der Waals surface area contributed by atoms with Crippen molar-refractivity contribution in [2.75, 3.05) is 19.7 Å². The van der Waals surface area contributed by atoms with Gasteiger partial charge in [0.05, 0.1) is 24.0 Å². The number of halogens is 1. The highest BCUT2D eigenvalue weighted by atomic mass is 35.5. The maximum Gasteiger partial charge on any atom is 0.246 e. The predicted molar refractivity (Wildman–Crippen MR) is 126 cm³/mol. The summed E-state index contributed by atoms with van der Waals surface area (Å²) in [4.78, 5) is 17.2. The van der Waals surface area contributed by atoms with Gasteiger partial charge in [0.1, 0.15) is 5.75 Å². The lowest BCUT2D eigenvalue weighted by atomic mass is 9.99. The summed E-state index contributed by atoms with van der Waals surface area (Å²) in [5, 5.41) is 7.21. The zero-order chi connectivity index (χ0) is 24.1. The number of benzene rings is 2. The summed E-state index contributed by atoms with van der Waals surface area (Å²) in [6.45, 7) is 3.03. The molecule has 1 amide bonds. The van der Waals surface area contributed by atoms with E-state index in [4.69, 9.17) is 20.9 Å². The molecule has 34 heavy (non-hydrogen) atoms. The van der Waals surface area contributed by atoms with E-state index in [-0.39, 0.29) is 29.8 Å². The minimum Gasteiger partial charge on any atom is -0.494 e. The number of piperidine rings is 1. The predicted octanol–water partition coefficient (Wildman–Crippen LogP) is 3.51. The van der Waals surface area contributed by atoms with Crippen LogP contribution in [0, 0.1) is 5.92 Å². The average molecular weight is 505 g/mol. The van der Waals surface area contributed by atoms with Gasteiger partial charge in [-0.3, -0.25) is 4.79 Å². The lowest BCUT2D eigenvalue weighted by molar-refractivity contribution is -0.126. The third kappa shape index (κ3) is 5.57. The van der Waals surface area contributed by atoms with Crippen LogP contribution in [0.15, 0.2) is 57.9 Å². The van der Waals surface area contributed by atoms with Crippen LogP contribution in [-0.4, -0.2) is 48.5 Å². The molecule has 1 aromatic heterocycles. The third-order valence-corrected chi connectivity index (χ3v) is 7.64. The summed E-state index contributed by atoms with van der Waals surface area (Å²) in [6.07, 6.45) is 1.19. The quantitative estimate of drug-likeness (QED) is 0.499. The zero-order valence-electron chi connectivity index (χ0n) is 18.6. The van der Waals surface area contributed by atoms with Crippen LogP contribution in [0.5, 0.6) is 5.75 Å². The van der Waals surface area contributed by atoms with Gasteiger partial charge in [-0.1, -0.05) is 16.8 Å². The number of carbonyl (C=O) groups excluding carboxylic acids is 1. The van der Waals surface area contributed by atoms with Crippen LogP contribution in [0.3, 0.4) is 0 Å². The summed E-state index contributed by atoms with van der Waals surface area (Å²) in [6, 6.07) is 13.3. The van der Waals surface area contributed by atoms with E-state index >= 15 is 0 Å². The maximum atomic E-state index is 13.0. The van der Waals surface area contributed by atoms with Gasteiger partial charge >= 0.3 is 0 Å². The number of ether oxygens (including phenoxy) is 1. The van der Waals surface area contributed by atoms with Gasteiger partial charge in [-0.05, 0) is 68.3 Å². The Bertz CT molecular complexity index is 1230. The molecule has 1 aliphatic rings. The summed E-state index contributed by atoms with van der Waals surface area (Å²) in [5.74, 6) is 0.701. The van der Waals surface area contributed by atoms with E-state index in [1.165, 1.54) is 28.6 Å². The minimum atomic E-state index is -3.70. The van der Waals surface area contributed by atoms with Gasteiger partial charge in [0.15, 0.2) is 0 Å². The van der Waals surface area contributed by atoms with Crippen molar-refractivity contribution in [3.05, 3.63) is 59.4 Å². The van der Waals surface area contributed by atoms with E-state index in [9.17, 15) is 13.2 Å². The zero-order valence-corrected chi connectivity index (χ0v) is 20.2. The SMILES string of the molecule is CCOc1ccc(-c2noc(CNC(=O)[C@H]3CCCN(S(=O)(=O)c4ccc(Cl)cc4)C3)n2)cc1. The minimum absolute atomic E-state index is 0.0588. The summed E-state index contributed by atoms with van der Waals surface area (Å²) in [5.41, 5.74) is 0.764. The van der Waals surface area contributed by atoms with Gasteiger partial charge in [-0.15, -0.1) is 0 Å². The second-order valence-electron chi connectivity index (χ2n) is 7.84. The fourth-order valence-corrected chi connectivity index (χ4v) is 5.40. The Kier molecular flexibility index (Phi) is 7.50. The van der Waals surface area contributed by atoms with Crippen LogP contribution in [0.25, 0.3) is 11.4 Å². The van der Waals surface area contributed by atoms with E-state index in [1.807, 2.05) is 31.2 Å². The molecule has 2 heterocycles. The van der Waals surface area contributed by atoms with Crippen molar-refractivity contribution in [2.45, 2.75) is 31.2 Å². The van der Waals surface area contributed by atoms with Crippen LogP contribution < -0.4 is 10.1 Å². The number of amides is 1. The van der Waals surface area contributed by atoms with Crippen molar-refractivity contribution in [1.29, 1.82) is 0 Å². The maximum absolute atomic E-state index is 13.0. The van der Waals surface area contributed by atoms with Crippen LogP contribution in [0.1, 0.15) is 25.7 Å². The second kappa shape index (κ2) is 10.5. The Hall–Kier alpha value is -2.95. The first-order chi connectivity index (χ1) is 16.4. The number of nitrogens with one attached hydrogen (secondary N) is 1. The van der Waals surface area contributed by atoms with Gasteiger partial charge in [0, 0.05) is 23.7 Å². The van der Waals surface area contributed by atoms with Crippen molar-refractivity contribution in [3.8, 4) is 17.1 Å². The highest BCUT2D eigenvalue weighted by molar-refractivity contribution is 7.89. The molecule has 1 saturated heterocycles. The molecule has 0 saturated carbocycles. The Balaban J connectivity index is 1.34. The van der Waals surface area contributed by atoms with Gasteiger partial charge in [0.25, 0.3) is 0 Å². The molecule has 1 atom stereocenters. The fourth-order valence-electron chi connectivity index (χ4n) is 3.75. The first-order valence-corrected chi connectivity index (χ1v) is 12.8. The molecule has 11 heteroatoms. The molecule has 0 spiro atoms. The van der Waals surface area contributed by atoms with E-state index in [2.05, 4.69) is 15.5 Å². The van der Waals surface area contributed by atoms with E-state index in [1.54, 1.807) is 0 Å². The van der Waals surface area contributed by atoms with Crippen molar-refractivity contribution in [1.82, 2.24) is 19.8 Å². The summed E-state index contributed by atoms with van der Waals surface area (Å²) in [7, 11) is -3.70. The van der Waals surface area contributed by atoms with E-state index < -0.39 is 15.9 Å². The Morgan fingerprint density at radius 2 is 1.94 bits per heavy atom. The standard InChI is InChI=1S/C23H25ClN4O5S/c1-2-32-19-9-5-16(6-10-19)22-26-21(33-27-22)14-25-23(29)17-4-3-13-28(15-17)34(30,31)20-11-7-18(24)8-12-20/h5-12,17H,2-4,13-15H2,1H3,(H,25,29)/t17-/m0/s1. The smallest absolute Gasteiger partial charge is 0.246 e. The average Bonchev–Trinajstić information content (AvgIpc) is 3.33. The number of aromatic nitrogens is 2. The highest BCUT2D eigenvalue weighted by Crippen LogP contribution is 2.25. The van der Waals surface area contributed by atoms with Crippen LogP contribution in [0.2, 0.25) is 5.02 Å². The van der Waals surface area contributed by atoms with Crippen LogP contribution in [0.4, 0.5) is 0 Å². The topological polar surface area (TPSA) is 115 Å². The molecule has 1 N–H and O–H groups in total. The Labute approximate surface area is 203 Å².